The SMILES string of the molecule is Cc1cc(C(C)(C)C)cc(C)c1CN1CCC(CN)C1. The highest BCUT2D eigenvalue weighted by atomic mass is 15.1. The maximum atomic E-state index is 5.79. The second-order valence-electron chi connectivity index (χ2n) is 7.46. The molecule has 2 rings (SSSR count). The Balaban J connectivity index is 2.17. The summed E-state index contributed by atoms with van der Waals surface area (Å²) in [6, 6.07) is 4.75. The lowest BCUT2D eigenvalue weighted by molar-refractivity contribution is 0.316. The standard InChI is InChI=1S/C18H30N2/c1-13-8-16(18(3,4)5)9-14(2)17(13)12-20-7-6-15(10-19)11-20/h8-9,15H,6-7,10-12,19H2,1-5H3. The van der Waals surface area contributed by atoms with Gasteiger partial charge in [0.15, 0.2) is 0 Å². The molecule has 1 aromatic carbocycles. The molecule has 1 fully saturated rings. The Bertz CT molecular complexity index is 448. The van der Waals surface area contributed by atoms with E-state index in [1.165, 1.54) is 35.2 Å². The summed E-state index contributed by atoms with van der Waals surface area (Å²) in [5.41, 5.74) is 11.8. The van der Waals surface area contributed by atoms with Crippen LogP contribution < -0.4 is 5.73 Å². The molecule has 2 N–H and O–H groups in total. The summed E-state index contributed by atoms with van der Waals surface area (Å²) < 4.78 is 0. The van der Waals surface area contributed by atoms with Crippen LogP contribution in [0.15, 0.2) is 12.1 Å². The monoisotopic (exact) mass is 274 g/mol. The largest absolute Gasteiger partial charge is 0.330 e. The number of aryl methyl sites for hydroxylation is 2. The first-order chi connectivity index (χ1) is 9.31. The number of nitrogens with two attached hydrogens (primary N) is 1. The number of rotatable bonds is 3. The molecule has 0 bridgehead atoms. The van der Waals surface area contributed by atoms with Crippen LogP contribution in [0.4, 0.5) is 0 Å². The van der Waals surface area contributed by atoms with Gasteiger partial charge in [-0.25, -0.2) is 0 Å². The van der Waals surface area contributed by atoms with Crippen LogP contribution in [0.5, 0.6) is 0 Å². The quantitative estimate of drug-likeness (QED) is 0.915. The summed E-state index contributed by atoms with van der Waals surface area (Å²) >= 11 is 0. The van der Waals surface area contributed by atoms with E-state index >= 15 is 0 Å². The predicted molar refractivity (Wildman–Crippen MR) is 87.1 cm³/mol. The molecule has 112 valence electrons. The van der Waals surface area contributed by atoms with Gasteiger partial charge in [0.2, 0.25) is 0 Å². The van der Waals surface area contributed by atoms with E-state index < -0.39 is 0 Å². The maximum Gasteiger partial charge on any atom is 0.0239 e. The molecular formula is C18H30N2. The minimum atomic E-state index is 0.229. The van der Waals surface area contributed by atoms with Gasteiger partial charge in [-0.2, -0.15) is 0 Å². The van der Waals surface area contributed by atoms with Gasteiger partial charge in [0.05, 0.1) is 0 Å². The number of hydrogen-bond donors (Lipinski definition) is 1. The van der Waals surface area contributed by atoms with Gasteiger partial charge in [-0.3, -0.25) is 4.90 Å². The van der Waals surface area contributed by atoms with Crippen molar-refractivity contribution in [1.82, 2.24) is 4.90 Å². The van der Waals surface area contributed by atoms with E-state index in [0.717, 1.165) is 19.6 Å². The molecule has 1 aliphatic rings. The molecule has 1 saturated heterocycles. The maximum absolute atomic E-state index is 5.79. The molecule has 0 aliphatic carbocycles. The van der Waals surface area contributed by atoms with Crippen molar-refractivity contribution in [2.45, 2.75) is 53.0 Å². The van der Waals surface area contributed by atoms with Gasteiger partial charge in [0.25, 0.3) is 0 Å². The van der Waals surface area contributed by atoms with Crippen LogP contribution in [-0.4, -0.2) is 24.5 Å². The minimum absolute atomic E-state index is 0.229. The van der Waals surface area contributed by atoms with Crippen molar-refractivity contribution in [2.75, 3.05) is 19.6 Å². The number of likely N-dealkylation sites (tertiary alicyclic amines) is 1. The molecule has 20 heavy (non-hydrogen) atoms. The Kier molecular flexibility index (Phi) is 4.55. The van der Waals surface area contributed by atoms with Crippen LogP contribution in [0.3, 0.4) is 0 Å². The van der Waals surface area contributed by atoms with E-state index in [0.29, 0.717) is 5.92 Å². The van der Waals surface area contributed by atoms with Gasteiger partial charge < -0.3 is 5.73 Å². The Morgan fingerprint density at radius 3 is 2.25 bits per heavy atom. The van der Waals surface area contributed by atoms with Gasteiger partial charge in [0, 0.05) is 13.1 Å². The normalized spacial score (nSPS) is 20.6. The van der Waals surface area contributed by atoms with Crippen LogP contribution in [0.1, 0.15) is 49.4 Å². The fraction of sp³-hybridized carbons (Fsp3) is 0.667. The first-order valence-electron chi connectivity index (χ1n) is 7.84. The Hall–Kier alpha value is -0.860. The van der Waals surface area contributed by atoms with Crippen molar-refractivity contribution in [2.24, 2.45) is 11.7 Å². The molecule has 0 amide bonds. The van der Waals surface area contributed by atoms with Crippen LogP contribution in [0.2, 0.25) is 0 Å². The number of hydrogen-bond acceptors (Lipinski definition) is 2. The predicted octanol–water partition coefficient (Wildman–Crippen LogP) is 3.38. The summed E-state index contributed by atoms with van der Waals surface area (Å²) in [5, 5.41) is 0. The van der Waals surface area contributed by atoms with Gasteiger partial charge in [-0.1, -0.05) is 32.9 Å². The van der Waals surface area contributed by atoms with Crippen molar-refractivity contribution >= 4 is 0 Å². The van der Waals surface area contributed by atoms with Crippen LogP contribution in [-0.2, 0) is 12.0 Å². The molecule has 0 aromatic heterocycles. The van der Waals surface area contributed by atoms with E-state index in [2.05, 4.69) is 51.7 Å². The molecule has 0 spiro atoms. The number of benzene rings is 1. The molecule has 2 nitrogen and oxygen atoms in total. The van der Waals surface area contributed by atoms with E-state index in [-0.39, 0.29) is 5.41 Å². The lowest BCUT2D eigenvalue weighted by atomic mass is 9.84. The summed E-state index contributed by atoms with van der Waals surface area (Å²) in [5.74, 6) is 0.699. The number of nitrogens with zero attached hydrogens (tertiary/aromatic N) is 1. The third-order valence-corrected chi connectivity index (χ3v) is 4.65. The topological polar surface area (TPSA) is 29.3 Å². The average molecular weight is 274 g/mol. The molecule has 2 heteroatoms. The van der Waals surface area contributed by atoms with Gasteiger partial charge >= 0.3 is 0 Å². The van der Waals surface area contributed by atoms with Gasteiger partial charge in [-0.15, -0.1) is 0 Å². The zero-order valence-corrected chi connectivity index (χ0v) is 13.8. The Morgan fingerprint density at radius 2 is 1.80 bits per heavy atom. The first kappa shape index (κ1) is 15.5. The zero-order valence-electron chi connectivity index (χ0n) is 13.8. The first-order valence-corrected chi connectivity index (χ1v) is 7.84. The lowest BCUT2D eigenvalue weighted by Gasteiger charge is -2.24. The van der Waals surface area contributed by atoms with Gasteiger partial charge in [0.1, 0.15) is 0 Å². The smallest absolute Gasteiger partial charge is 0.0239 e. The summed E-state index contributed by atoms with van der Waals surface area (Å²) in [6.45, 7) is 15.6. The molecule has 1 aliphatic heterocycles. The molecule has 0 saturated carbocycles. The van der Waals surface area contributed by atoms with Crippen LogP contribution in [0.25, 0.3) is 0 Å². The minimum Gasteiger partial charge on any atom is -0.330 e. The molecule has 1 atom stereocenters. The summed E-state index contributed by atoms with van der Waals surface area (Å²) in [7, 11) is 0. The Labute approximate surface area is 124 Å². The van der Waals surface area contributed by atoms with Crippen molar-refractivity contribution in [1.29, 1.82) is 0 Å². The molecule has 1 heterocycles. The second kappa shape index (κ2) is 5.87. The van der Waals surface area contributed by atoms with E-state index in [4.69, 9.17) is 5.73 Å². The van der Waals surface area contributed by atoms with Crippen LogP contribution in [0, 0.1) is 19.8 Å². The molecule has 1 aromatic rings. The molecule has 0 radical (unpaired) electrons. The third kappa shape index (κ3) is 3.42. The highest BCUT2D eigenvalue weighted by Crippen LogP contribution is 2.28. The lowest BCUT2D eigenvalue weighted by Crippen LogP contribution is -2.24. The van der Waals surface area contributed by atoms with Crippen molar-refractivity contribution in [3.05, 3.63) is 34.4 Å². The van der Waals surface area contributed by atoms with Crippen molar-refractivity contribution < 1.29 is 0 Å². The van der Waals surface area contributed by atoms with E-state index in [1.54, 1.807) is 0 Å². The van der Waals surface area contributed by atoms with Crippen LogP contribution >= 0.6 is 0 Å². The van der Waals surface area contributed by atoms with Gasteiger partial charge in [-0.05, 0) is 66.9 Å². The van der Waals surface area contributed by atoms with Crippen molar-refractivity contribution in [3.8, 4) is 0 Å². The Morgan fingerprint density at radius 1 is 1.20 bits per heavy atom. The fourth-order valence-electron chi connectivity index (χ4n) is 3.15. The molecule has 1 unspecified atom stereocenters. The highest BCUT2D eigenvalue weighted by Gasteiger charge is 2.23. The second-order valence-corrected chi connectivity index (χ2v) is 7.46. The van der Waals surface area contributed by atoms with Crippen molar-refractivity contribution in [3.63, 3.8) is 0 Å². The highest BCUT2D eigenvalue weighted by molar-refractivity contribution is 5.40. The van der Waals surface area contributed by atoms with E-state index in [1.807, 2.05) is 0 Å². The fourth-order valence-corrected chi connectivity index (χ4v) is 3.15. The summed E-state index contributed by atoms with van der Waals surface area (Å²) in [6.07, 6.45) is 1.26. The summed E-state index contributed by atoms with van der Waals surface area (Å²) in [4.78, 5) is 2.56. The third-order valence-electron chi connectivity index (χ3n) is 4.65. The van der Waals surface area contributed by atoms with E-state index in [9.17, 15) is 0 Å². The zero-order chi connectivity index (χ0) is 14.9. The average Bonchev–Trinajstić information content (AvgIpc) is 2.80. The molecular weight excluding hydrogens is 244 g/mol.